The van der Waals surface area contributed by atoms with Crippen molar-refractivity contribution in [2.75, 3.05) is 24.3 Å². The number of nitrogens with zero attached hydrogens (tertiary/aromatic N) is 2. The number of hydrogen-bond donors (Lipinski definition) is 1. The van der Waals surface area contributed by atoms with Crippen molar-refractivity contribution in [3.8, 4) is 0 Å². The minimum absolute atomic E-state index is 0.689. The molecular weight excluding hydrogens is 246 g/mol. The molecule has 0 radical (unpaired) electrons. The van der Waals surface area contributed by atoms with Crippen LogP contribution in [0.4, 0.5) is 11.4 Å². The van der Waals surface area contributed by atoms with E-state index in [2.05, 4.69) is 27.3 Å². The maximum absolute atomic E-state index is 6.06. The summed E-state index contributed by atoms with van der Waals surface area (Å²) in [6.07, 6.45) is 3.41. The standard InChI is InChI=1S/C14H16ClN3/c1-18(2)13-5-3-4-12(8-13)17-9-11-6-7-16-10-14(11)15/h3-8,10,17H,9H2,1-2H3. The van der Waals surface area contributed by atoms with Gasteiger partial charge in [0.25, 0.3) is 0 Å². The van der Waals surface area contributed by atoms with Crippen molar-refractivity contribution in [3.63, 3.8) is 0 Å². The van der Waals surface area contributed by atoms with Crippen LogP contribution in [0.1, 0.15) is 5.56 Å². The maximum Gasteiger partial charge on any atom is 0.0639 e. The maximum atomic E-state index is 6.06. The Kier molecular flexibility index (Phi) is 4.05. The fourth-order valence-corrected chi connectivity index (χ4v) is 1.82. The molecule has 1 N–H and O–H groups in total. The minimum atomic E-state index is 0.689. The molecule has 1 heterocycles. The fraction of sp³-hybridized carbons (Fsp3) is 0.214. The second-order valence-corrected chi connectivity index (χ2v) is 4.67. The summed E-state index contributed by atoms with van der Waals surface area (Å²) in [7, 11) is 4.05. The van der Waals surface area contributed by atoms with Gasteiger partial charge in [-0.2, -0.15) is 0 Å². The average molecular weight is 262 g/mol. The van der Waals surface area contributed by atoms with Gasteiger partial charge in [-0.25, -0.2) is 0 Å². The van der Waals surface area contributed by atoms with Crippen LogP contribution in [-0.4, -0.2) is 19.1 Å². The lowest BCUT2D eigenvalue weighted by Crippen LogP contribution is -2.09. The molecule has 0 spiro atoms. The zero-order valence-corrected chi connectivity index (χ0v) is 11.3. The van der Waals surface area contributed by atoms with Gasteiger partial charge in [0.1, 0.15) is 0 Å². The number of halogens is 1. The first-order valence-electron chi connectivity index (χ1n) is 5.76. The first-order valence-corrected chi connectivity index (χ1v) is 6.14. The highest BCUT2D eigenvalue weighted by atomic mass is 35.5. The smallest absolute Gasteiger partial charge is 0.0639 e. The quantitative estimate of drug-likeness (QED) is 0.914. The van der Waals surface area contributed by atoms with E-state index in [4.69, 9.17) is 11.6 Å². The predicted octanol–water partition coefficient (Wildman–Crippen LogP) is 3.41. The molecule has 4 heteroatoms. The Morgan fingerprint density at radius 2 is 2.11 bits per heavy atom. The van der Waals surface area contributed by atoms with Crippen molar-refractivity contribution in [1.82, 2.24) is 4.98 Å². The number of pyridine rings is 1. The summed E-state index contributed by atoms with van der Waals surface area (Å²) in [6.45, 7) is 0.693. The largest absolute Gasteiger partial charge is 0.381 e. The molecule has 0 fully saturated rings. The molecule has 0 saturated carbocycles. The highest BCUT2D eigenvalue weighted by Crippen LogP contribution is 2.19. The predicted molar refractivity (Wildman–Crippen MR) is 77.3 cm³/mol. The monoisotopic (exact) mass is 261 g/mol. The molecule has 0 bridgehead atoms. The van der Waals surface area contributed by atoms with Crippen molar-refractivity contribution in [2.24, 2.45) is 0 Å². The lowest BCUT2D eigenvalue weighted by Gasteiger charge is -2.14. The number of anilines is 2. The molecule has 0 amide bonds. The fourth-order valence-electron chi connectivity index (χ4n) is 1.64. The number of rotatable bonds is 4. The van der Waals surface area contributed by atoms with Gasteiger partial charge in [0.15, 0.2) is 0 Å². The van der Waals surface area contributed by atoms with E-state index in [1.807, 2.05) is 32.3 Å². The number of hydrogen-bond acceptors (Lipinski definition) is 3. The number of aromatic nitrogens is 1. The highest BCUT2D eigenvalue weighted by molar-refractivity contribution is 6.31. The number of benzene rings is 1. The van der Waals surface area contributed by atoms with Crippen LogP contribution in [0.25, 0.3) is 0 Å². The Labute approximate surface area is 112 Å². The van der Waals surface area contributed by atoms with E-state index in [9.17, 15) is 0 Å². The topological polar surface area (TPSA) is 28.2 Å². The Morgan fingerprint density at radius 1 is 1.28 bits per heavy atom. The van der Waals surface area contributed by atoms with Gasteiger partial charge in [0.05, 0.1) is 5.02 Å². The summed E-state index contributed by atoms with van der Waals surface area (Å²) < 4.78 is 0. The molecule has 2 aromatic rings. The van der Waals surface area contributed by atoms with Crippen LogP contribution in [0.2, 0.25) is 5.02 Å². The van der Waals surface area contributed by atoms with Crippen LogP contribution in [0, 0.1) is 0 Å². The summed E-state index contributed by atoms with van der Waals surface area (Å²) in [5, 5.41) is 4.05. The van der Waals surface area contributed by atoms with Crippen molar-refractivity contribution < 1.29 is 0 Å². The third-order valence-corrected chi connectivity index (χ3v) is 3.04. The van der Waals surface area contributed by atoms with Crippen LogP contribution in [0.15, 0.2) is 42.7 Å². The van der Waals surface area contributed by atoms with Crippen LogP contribution in [0.5, 0.6) is 0 Å². The van der Waals surface area contributed by atoms with Gasteiger partial charge in [0, 0.05) is 44.4 Å². The van der Waals surface area contributed by atoms with Gasteiger partial charge in [-0.1, -0.05) is 17.7 Å². The molecule has 3 nitrogen and oxygen atoms in total. The third-order valence-electron chi connectivity index (χ3n) is 2.70. The molecule has 1 aromatic heterocycles. The Hall–Kier alpha value is -1.74. The van der Waals surface area contributed by atoms with Gasteiger partial charge in [-0.05, 0) is 29.8 Å². The first-order chi connectivity index (χ1) is 8.66. The van der Waals surface area contributed by atoms with Crippen LogP contribution < -0.4 is 10.2 Å². The SMILES string of the molecule is CN(C)c1cccc(NCc2ccncc2Cl)c1. The van der Waals surface area contributed by atoms with Crippen molar-refractivity contribution in [2.45, 2.75) is 6.54 Å². The minimum Gasteiger partial charge on any atom is -0.381 e. The molecule has 0 aliphatic carbocycles. The number of nitrogens with one attached hydrogen (secondary N) is 1. The molecule has 0 saturated heterocycles. The van der Waals surface area contributed by atoms with E-state index in [0.29, 0.717) is 11.6 Å². The van der Waals surface area contributed by atoms with Gasteiger partial charge >= 0.3 is 0 Å². The molecule has 0 aliphatic heterocycles. The summed E-state index contributed by atoms with van der Waals surface area (Å²) in [4.78, 5) is 6.04. The molecule has 2 rings (SSSR count). The average Bonchev–Trinajstić information content (AvgIpc) is 2.38. The lowest BCUT2D eigenvalue weighted by molar-refractivity contribution is 1.11. The Bertz CT molecular complexity index is 526. The van der Waals surface area contributed by atoms with Crippen LogP contribution >= 0.6 is 11.6 Å². The van der Waals surface area contributed by atoms with E-state index in [1.165, 1.54) is 5.69 Å². The van der Waals surface area contributed by atoms with E-state index in [-0.39, 0.29) is 0 Å². The normalized spacial score (nSPS) is 10.2. The zero-order chi connectivity index (χ0) is 13.0. The summed E-state index contributed by atoms with van der Waals surface area (Å²) in [6, 6.07) is 10.2. The van der Waals surface area contributed by atoms with Gasteiger partial charge in [-0.3, -0.25) is 4.98 Å². The summed E-state index contributed by atoms with van der Waals surface area (Å²) in [5.74, 6) is 0. The van der Waals surface area contributed by atoms with Crippen LogP contribution in [-0.2, 0) is 6.54 Å². The van der Waals surface area contributed by atoms with E-state index < -0.39 is 0 Å². The third kappa shape index (κ3) is 3.14. The lowest BCUT2D eigenvalue weighted by atomic mass is 10.2. The molecule has 0 atom stereocenters. The molecule has 18 heavy (non-hydrogen) atoms. The second-order valence-electron chi connectivity index (χ2n) is 4.27. The van der Waals surface area contributed by atoms with E-state index in [0.717, 1.165) is 11.3 Å². The Morgan fingerprint density at radius 3 is 2.83 bits per heavy atom. The highest BCUT2D eigenvalue weighted by Gasteiger charge is 2.01. The van der Waals surface area contributed by atoms with E-state index in [1.54, 1.807) is 12.4 Å². The second kappa shape index (κ2) is 5.74. The zero-order valence-electron chi connectivity index (χ0n) is 10.5. The molecule has 0 aliphatic rings. The summed E-state index contributed by atoms with van der Waals surface area (Å²) >= 11 is 6.06. The van der Waals surface area contributed by atoms with Crippen molar-refractivity contribution >= 4 is 23.0 Å². The van der Waals surface area contributed by atoms with Crippen molar-refractivity contribution in [1.29, 1.82) is 0 Å². The molecule has 94 valence electrons. The van der Waals surface area contributed by atoms with Crippen LogP contribution in [0.3, 0.4) is 0 Å². The first kappa shape index (κ1) is 12.7. The summed E-state index contributed by atoms with van der Waals surface area (Å²) in [5.41, 5.74) is 3.29. The van der Waals surface area contributed by atoms with Gasteiger partial charge in [-0.15, -0.1) is 0 Å². The molecular formula is C14H16ClN3. The van der Waals surface area contributed by atoms with Gasteiger partial charge in [0.2, 0.25) is 0 Å². The Balaban J connectivity index is 2.07. The van der Waals surface area contributed by atoms with Crippen molar-refractivity contribution in [3.05, 3.63) is 53.3 Å². The molecule has 1 aromatic carbocycles. The van der Waals surface area contributed by atoms with E-state index >= 15 is 0 Å². The molecule has 0 unspecified atom stereocenters. The van der Waals surface area contributed by atoms with Gasteiger partial charge < -0.3 is 10.2 Å².